The molecule has 240 valence electrons. The SMILES string of the molecule is c1ccc(C2=NC(c3ccc4c(c3)oc3ccc(-n5c6ccccc6c6ccc7c8ccccc8sc7c65)cc34)=NC(c3ccccc3)C2)cc1. The Kier molecular flexibility index (Phi) is 6.21. The first-order valence-corrected chi connectivity index (χ1v) is 18.1. The number of nitrogens with zero attached hydrogens (tertiary/aromatic N) is 3. The second-order valence-corrected chi connectivity index (χ2v) is 14.3. The molecule has 3 aromatic heterocycles. The van der Waals surface area contributed by atoms with Gasteiger partial charge in [-0.1, -0.05) is 115 Å². The molecule has 0 spiro atoms. The molecule has 0 radical (unpaired) electrons. The lowest BCUT2D eigenvalue weighted by Gasteiger charge is -2.21. The second-order valence-electron chi connectivity index (χ2n) is 13.3. The standard InChI is InChI=1S/C46H29N3OS/c1-3-11-28(12-4-1)38-27-39(29-13-5-2-6-14-29)48-46(47-38)30-19-21-33-37-26-31(20-24-41(37)50-42(33)25-30)49-40-17-9-7-15-32(40)35-22-23-36-34-16-8-10-18-43(34)51-45(36)44(35)49/h1-26,38H,27H2. The first kappa shape index (κ1) is 28.5. The molecule has 0 N–H and O–H groups in total. The Balaban J connectivity index is 1.08. The van der Waals surface area contributed by atoms with Crippen molar-refractivity contribution < 1.29 is 4.42 Å². The maximum atomic E-state index is 6.55. The van der Waals surface area contributed by atoms with Gasteiger partial charge in [-0.3, -0.25) is 4.99 Å². The molecule has 1 unspecified atom stereocenters. The van der Waals surface area contributed by atoms with E-state index < -0.39 is 0 Å². The van der Waals surface area contributed by atoms with Crippen LogP contribution in [0.2, 0.25) is 0 Å². The van der Waals surface area contributed by atoms with E-state index in [1.807, 2.05) is 17.4 Å². The number of aliphatic imine (C=N–C) groups is 2. The van der Waals surface area contributed by atoms with E-state index in [2.05, 4.69) is 156 Å². The monoisotopic (exact) mass is 671 g/mol. The molecule has 7 aromatic carbocycles. The van der Waals surface area contributed by atoms with Gasteiger partial charge in [0.15, 0.2) is 5.84 Å². The van der Waals surface area contributed by atoms with Crippen LogP contribution < -0.4 is 0 Å². The van der Waals surface area contributed by atoms with Gasteiger partial charge in [0, 0.05) is 54.7 Å². The normalized spacial score (nSPS) is 15.0. The van der Waals surface area contributed by atoms with Gasteiger partial charge < -0.3 is 8.98 Å². The molecule has 4 nitrogen and oxygen atoms in total. The van der Waals surface area contributed by atoms with E-state index in [4.69, 9.17) is 14.4 Å². The number of rotatable bonds is 4. The van der Waals surface area contributed by atoms with Crippen molar-refractivity contribution in [3.8, 4) is 5.69 Å². The largest absolute Gasteiger partial charge is 0.456 e. The molecule has 0 saturated heterocycles. The van der Waals surface area contributed by atoms with Crippen molar-refractivity contribution in [2.75, 3.05) is 0 Å². The van der Waals surface area contributed by atoms with Crippen LogP contribution in [0.4, 0.5) is 0 Å². The van der Waals surface area contributed by atoms with Gasteiger partial charge in [-0.2, -0.15) is 0 Å². The highest BCUT2D eigenvalue weighted by Crippen LogP contribution is 2.43. The predicted octanol–water partition coefficient (Wildman–Crippen LogP) is 12.4. The third-order valence-corrected chi connectivity index (χ3v) is 11.5. The molecular weight excluding hydrogens is 643 g/mol. The summed E-state index contributed by atoms with van der Waals surface area (Å²) in [5, 5.41) is 7.29. The van der Waals surface area contributed by atoms with Gasteiger partial charge in [0.05, 0.1) is 27.5 Å². The number of aromatic nitrogens is 1. The second kappa shape index (κ2) is 11.1. The third-order valence-electron chi connectivity index (χ3n) is 10.3. The van der Waals surface area contributed by atoms with Crippen molar-refractivity contribution in [3.63, 3.8) is 0 Å². The van der Waals surface area contributed by atoms with Gasteiger partial charge in [-0.15, -0.1) is 11.3 Å². The first-order valence-electron chi connectivity index (χ1n) is 17.3. The number of benzene rings is 7. The fraction of sp³-hybridized carbons (Fsp3) is 0.0435. The zero-order chi connectivity index (χ0) is 33.5. The van der Waals surface area contributed by atoms with Crippen LogP contribution in [0.1, 0.15) is 29.2 Å². The maximum absolute atomic E-state index is 6.55. The molecule has 1 aliphatic heterocycles. The van der Waals surface area contributed by atoms with Crippen LogP contribution in [-0.4, -0.2) is 16.1 Å². The lowest BCUT2D eigenvalue weighted by molar-refractivity contribution is 0.668. The summed E-state index contributed by atoms with van der Waals surface area (Å²) in [6, 6.07) is 56.0. The van der Waals surface area contributed by atoms with Crippen molar-refractivity contribution >= 4 is 86.8 Å². The quantitative estimate of drug-likeness (QED) is 0.184. The van der Waals surface area contributed by atoms with Crippen LogP contribution in [0.15, 0.2) is 172 Å². The van der Waals surface area contributed by atoms with E-state index in [0.29, 0.717) is 0 Å². The smallest absolute Gasteiger partial charge is 0.155 e. The third kappa shape index (κ3) is 4.45. The summed E-state index contributed by atoms with van der Waals surface area (Å²) in [6.45, 7) is 0. The highest BCUT2D eigenvalue weighted by atomic mass is 32.1. The average molecular weight is 672 g/mol. The molecule has 0 amide bonds. The highest BCUT2D eigenvalue weighted by Gasteiger charge is 2.23. The van der Waals surface area contributed by atoms with E-state index in [1.165, 1.54) is 47.5 Å². The number of fused-ring (bicyclic) bond motifs is 10. The molecule has 11 rings (SSSR count). The maximum Gasteiger partial charge on any atom is 0.155 e. The number of para-hydroxylation sites is 1. The van der Waals surface area contributed by atoms with Gasteiger partial charge in [-0.05, 0) is 53.6 Å². The Morgan fingerprint density at radius 3 is 2.20 bits per heavy atom. The molecule has 0 bridgehead atoms. The molecule has 0 fully saturated rings. The summed E-state index contributed by atoms with van der Waals surface area (Å²) >= 11 is 1.87. The number of furan rings is 1. The topological polar surface area (TPSA) is 42.8 Å². The summed E-state index contributed by atoms with van der Waals surface area (Å²) < 4.78 is 11.6. The lowest BCUT2D eigenvalue weighted by Crippen LogP contribution is -2.17. The zero-order valence-electron chi connectivity index (χ0n) is 27.5. The molecule has 4 heterocycles. The fourth-order valence-electron chi connectivity index (χ4n) is 7.94. The molecule has 0 aliphatic carbocycles. The first-order chi connectivity index (χ1) is 25.3. The van der Waals surface area contributed by atoms with Gasteiger partial charge in [-0.25, -0.2) is 4.99 Å². The molecule has 51 heavy (non-hydrogen) atoms. The highest BCUT2D eigenvalue weighted by molar-refractivity contribution is 7.26. The van der Waals surface area contributed by atoms with Crippen molar-refractivity contribution in [1.29, 1.82) is 0 Å². The molecule has 10 aromatic rings. The average Bonchev–Trinajstić information content (AvgIpc) is 3.87. The number of hydrogen-bond acceptors (Lipinski definition) is 4. The minimum Gasteiger partial charge on any atom is -0.456 e. The van der Waals surface area contributed by atoms with E-state index >= 15 is 0 Å². The molecular formula is C46H29N3OS. The van der Waals surface area contributed by atoms with E-state index in [9.17, 15) is 0 Å². The van der Waals surface area contributed by atoms with E-state index in [1.54, 1.807) is 0 Å². The molecule has 5 heteroatoms. The van der Waals surface area contributed by atoms with Crippen molar-refractivity contribution in [2.45, 2.75) is 12.5 Å². The summed E-state index contributed by atoms with van der Waals surface area (Å²) in [5.41, 5.74) is 9.56. The zero-order valence-corrected chi connectivity index (χ0v) is 28.3. The van der Waals surface area contributed by atoms with Gasteiger partial charge >= 0.3 is 0 Å². The predicted molar refractivity (Wildman–Crippen MR) is 214 cm³/mol. The van der Waals surface area contributed by atoms with Gasteiger partial charge in [0.2, 0.25) is 0 Å². The van der Waals surface area contributed by atoms with Crippen molar-refractivity contribution in [3.05, 3.63) is 174 Å². The molecule has 1 aliphatic rings. The van der Waals surface area contributed by atoms with E-state index in [0.717, 1.165) is 56.7 Å². The fourth-order valence-corrected chi connectivity index (χ4v) is 9.18. The number of hydrogen-bond donors (Lipinski definition) is 0. The molecule has 0 saturated carbocycles. The number of thiophene rings is 1. The van der Waals surface area contributed by atoms with Crippen LogP contribution in [0.5, 0.6) is 0 Å². The Hall–Kier alpha value is -6.30. The Bertz CT molecular complexity index is 3060. The van der Waals surface area contributed by atoms with Crippen LogP contribution in [0, 0.1) is 0 Å². The van der Waals surface area contributed by atoms with Crippen LogP contribution >= 0.6 is 11.3 Å². The van der Waals surface area contributed by atoms with Gasteiger partial charge in [0.1, 0.15) is 11.2 Å². The number of amidine groups is 1. The summed E-state index contributed by atoms with van der Waals surface area (Å²) in [4.78, 5) is 10.3. The Morgan fingerprint density at radius 1 is 0.569 bits per heavy atom. The van der Waals surface area contributed by atoms with Crippen LogP contribution in [0.3, 0.4) is 0 Å². The van der Waals surface area contributed by atoms with Crippen LogP contribution in [-0.2, 0) is 0 Å². The lowest BCUT2D eigenvalue weighted by atomic mass is 9.95. The summed E-state index contributed by atoms with van der Waals surface area (Å²) in [5.74, 6) is 0.731. The summed E-state index contributed by atoms with van der Waals surface area (Å²) in [7, 11) is 0. The summed E-state index contributed by atoms with van der Waals surface area (Å²) in [6.07, 6.45) is 0.754. The minimum atomic E-state index is -0.0125. The van der Waals surface area contributed by atoms with Crippen molar-refractivity contribution in [2.24, 2.45) is 9.98 Å². The Morgan fingerprint density at radius 2 is 1.31 bits per heavy atom. The van der Waals surface area contributed by atoms with Crippen molar-refractivity contribution in [1.82, 2.24) is 4.57 Å². The van der Waals surface area contributed by atoms with E-state index in [-0.39, 0.29) is 6.04 Å². The van der Waals surface area contributed by atoms with Crippen LogP contribution in [0.25, 0.3) is 69.6 Å². The minimum absolute atomic E-state index is 0.0125. The Labute approximate surface area is 297 Å². The molecule has 1 atom stereocenters. The van der Waals surface area contributed by atoms with Gasteiger partial charge in [0.25, 0.3) is 0 Å².